The second kappa shape index (κ2) is 5.30. The van der Waals surface area contributed by atoms with Crippen LogP contribution in [-0.4, -0.2) is 35.0 Å². The van der Waals surface area contributed by atoms with Crippen LogP contribution >= 0.6 is 27.3 Å². The van der Waals surface area contributed by atoms with E-state index in [1.165, 1.54) is 11.3 Å². The number of carbonyl (C=O) groups is 1. The van der Waals surface area contributed by atoms with E-state index in [1.54, 1.807) is 11.1 Å². The second-order valence-electron chi connectivity index (χ2n) is 4.22. The number of ether oxygens (including phenoxy) is 1. The van der Waals surface area contributed by atoms with Crippen LogP contribution in [0.5, 0.6) is 5.88 Å². The number of nitrogens with zero attached hydrogens (tertiary/aromatic N) is 2. The summed E-state index contributed by atoms with van der Waals surface area (Å²) in [5, 5.41) is 1.91. The molecule has 0 unspecified atom stereocenters. The highest BCUT2D eigenvalue weighted by Crippen LogP contribution is 2.25. The molecule has 3 heterocycles. The molecule has 0 aromatic carbocycles. The highest BCUT2D eigenvalue weighted by molar-refractivity contribution is 9.10. The van der Waals surface area contributed by atoms with Crippen molar-refractivity contribution in [2.75, 3.05) is 13.1 Å². The first kappa shape index (κ1) is 12.6. The van der Waals surface area contributed by atoms with Gasteiger partial charge in [-0.15, -0.1) is 11.3 Å². The van der Waals surface area contributed by atoms with Crippen molar-refractivity contribution < 1.29 is 9.53 Å². The average molecular weight is 339 g/mol. The summed E-state index contributed by atoms with van der Waals surface area (Å²) in [5.74, 6) is 0.658. The van der Waals surface area contributed by atoms with Gasteiger partial charge in [-0.3, -0.25) is 4.79 Å². The van der Waals surface area contributed by atoms with E-state index < -0.39 is 0 Å². The summed E-state index contributed by atoms with van der Waals surface area (Å²) in [6.45, 7) is 1.22. The molecule has 1 aliphatic heterocycles. The zero-order valence-corrected chi connectivity index (χ0v) is 12.4. The molecule has 0 aliphatic carbocycles. The minimum atomic E-state index is 0.0233. The van der Waals surface area contributed by atoms with Crippen LogP contribution < -0.4 is 4.74 Å². The minimum absolute atomic E-state index is 0.0233. The number of likely N-dealkylation sites (tertiary alicyclic amines) is 1. The van der Waals surface area contributed by atoms with Gasteiger partial charge in [0.2, 0.25) is 5.88 Å². The van der Waals surface area contributed by atoms with Crippen molar-refractivity contribution in [2.24, 2.45) is 0 Å². The summed E-state index contributed by atoms with van der Waals surface area (Å²) >= 11 is 4.85. The van der Waals surface area contributed by atoms with E-state index in [4.69, 9.17) is 4.74 Å². The van der Waals surface area contributed by atoms with Crippen molar-refractivity contribution in [3.8, 4) is 5.88 Å². The Morgan fingerprint density at radius 3 is 2.95 bits per heavy atom. The largest absolute Gasteiger partial charge is 0.470 e. The summed E-state index contributed by atoms with van der Waals surface area (Å²) in [4.78, 5) is 18.7. The Kier molecular flexibility index (Phi) is 3.52. The molecule has 98 valence electrons. The smallest absolute Gasteiger partial charge is 0.264 e. The van der Waals surface area contributed by atoms with Crippen molar-refractivity contribution in [1.29, 1.82) is 0 Å². The first-order chi connectivity index (χ1) is 9.24. The number of pyridine rings is 1. The van der Waals surface area contributed by atoms with Gasteiger partial charge < -0.3 is 9.64 Å². The van der Waals surface area contributed by atoms with E-state index in [-0.39, 0.29) is 12.0 Å². The monoisotopic (exact) mass is 338 g/mol. The van der Waals surface area contributed by atoms with Gasteiger partial charge in [-0.05, 0) is 39.5 Å². The fourth-order valence-corrected chi connectivity index (χ4v) is 2.89. The first-order valence-electron chi connectivity index (χ1n) is 5.84. The zero-order valence-electron chi connectivity index (χ0n) is 9.95. The van der Waals surface area contributed by atoms with E-state index in [0.29, 0.717) is 19.0 Å². The zero-order chi connectivity index (χ0) is 13.2. The van der Waals surface area contributed by atoms with Crippen molar-refractivity contribution in [2.45, 2.75) is 6.10 Å². The van der Waals surface area contributed by atoms with Crippen LogP contribution in [0.15, 0.2) is 40.3 Å². The predicted octanol–water partition coefficient (Wildman–Crippen LogP) is 2.81. The number of thiophene rings is 1. The molecule has 0 radical (unpaired) electrons. The normalized spacial score (nSPS) is 15.1. The van der Waals surface area contributed by atoms with Gasteiger partial charge in [0.15, 0.2) is 0 Å². The number of aromatic nitrogens is 1. The summed E-state index contributed by atoms with van der Waals surface area (Å²) in [6, 6.07) is 7.45. The van der Waals surface area contributed by atoms with Gasteiger partial charge in [0.05, 0.1) is 22.4 Å². The maximum Gasteiger partial charge on any atom is 0.264 e. The fraction of sp³-hybridized carbons (Fsp3) is 0.231. The molecule has 1 aliphatic rings. The summed E-state index contributed by atoms with van der Waals surface area (Å²) in [6.07, 6.45) is 1.71. The van der Waals surface area contributed by atoms with Crippen LogP contribution in [0.3, 0.4) is 0 Å². The Bertz CT molecular complexity index is 582. The molecule has 1 saturated heterocycles. The second-order valence-corrected chi connectivity index (χ2v) is 6.02. The molecule has 0 bridgehead atoms. The fourth-order valence-electron chi connectivity index (χ4n) is 1.85. The van der Waals surface area contributed by atoms with Gasteiger partial charge in [0.1, 0.15) is 6.10 Å². The SMILES string of the molecule is O=C(c1cccs1)N1CC(Oc2ncccc2Br)C1. The number of hydrogen-bond acceptors (Lipinski definition) is 4. The van der Waals surface area contributed by atoms with Crippen LogP contribution in [0.4, 0.5) is 0 Å². The molecule has 1 fully saturated rings. The highest BCUT2D eigenvalue weighted by atomic mass is 79.9. The van der Waals surface area contributed by atoms with Crippen molar-refractivity contribution in [1.82, 2.24) is 9.88 Å². The maximum atomic E-state index is 12.0. The molecule has 0 atom stereocenters. The van der Waals surface area contributed by atoms with Gasteiger partial charge in [0.25, 0.3) is 5.91 Å². The van der Waals surface area contributed by atoms with E-state index in [0.717, 1.165) is 9.35 Å². The molecule has 2 aromatic rings. The predicted molar refractivity (Wildman–Crippen MR) is 76.6 cm³/mol. The Hall–Kier alpha value is -1.40. The van der Waals surface area contributed by atoms with Gasteiger partial charge in [-0.2, -0.15) is 0 Å². The molecular formula is C13H11BrN2O2S. The Labute approximate surface area is 123 Å². The molecule has 3 rings (SSSR count). The average Bonchev–Trinajstić information content (AvgIpc) is 2.88. The molecule has 19 heavy (non-hydrogen) atoms. The molecule has 6 heteroatoms. The third-order valence-corrected chi connectivity index (χ3v) is 4.33. The minimum Gasteiger partial charge on any atom is -0.470 e. The summed E-state index contributed by atoms with van der Waals surface area (Å²) in [7, 11) is 0. The van der Waals surface area contributed by atoms with Crippen molar-refractivity contribution in [3.05, 3.63) is 45.2 Å². The third-order valence-electron chi connectivity index (χ3n) is 2.87. The Balaban J connectivity index is 1.56. The van der Waals surface area contributed by atoms with Crippen LogP contribution in [0.1, 0.15) is 9.67 Å². The summed E-state index contributed by atoms with van der Waals surface area (Å²) < 4.78 is 6.56. The van der Waals surface area contributed by atoms with Crippen LogP contribution in [0.2, 0.25) is 0 Å². The molecule has 0 saturated carbocycles. The molecule has 2 aromatic heterocycles. The lowest BCUT2D eigenvalue weighted by Crippen LogP contribution is -2.56. The van der Waals surface area contributed by atoms with Crippen LogP contribution in [0, 0.1) is 0 Å². The number of hydrogen-bond donors (Lipinski definition) is 0. The van der Waals surface area contributed by atoms with Gasteiger partial charge in [-0.1, -0.05) is 6.07 Å². The van der Waals surface area contributed by atoms with Gasteiger partial charge in [0, 0.05) is 6.20 Å². The van der Waals surface area contributed by atoms with E-state index >= 15 is 0 Å². The Morgan fingerprint density at radius 1 is 1.42 bits per heavy atom. The van der Waals surface area contributed by atoms with Gasteiger partial charge in [-0.25, -0.2) is 4.98 Å². The molecule has 0 N–H and O–H groups in total. The third kappa shape index (κ3) is 2.64. The van der Waals surface area contributed by atoms with Crippen LogP contribution in [0.25, 0.3) is 0 Å². The lowest BCUT2D eigenvalue weighted by atomic mass is 10.1. The first-order valence-corrected chi connectivity index (χ1v) is 7.51. The molecule has 1 amide bonds. The number of rotatable bonds is 3. The van der Waals surface area contributed by atoms with E-state index in [9.17, 15) is 4.79 Å². The van der Waals surface area contributed by atoms with E-state index in [2.05, 4.69) is 20.9 Å². The van der Waals surface area contributed by atoms with E-state index in [1.807, 2.05) is 29.6 Å². The maximum absolute atomic E-state index is 12.0. The van der Waals surface area contributed by atoms with Crippen LogP contribution in [-0.2, 0) is 0 Å². The number of amides is 1. The molecular weight excluding hydrogens is 328 g/mol. The Morgan fingerprint density at radius 2 is 2.26 bits per heavy atom. The lowest BCUT2D eigenvalue weighted by Gasteiger charge is -2.38. The number of halogens is 1. The van der Waals surface area contributed by atoms with Gasteiger partial charge >= 0.3 is 0 Å². The lowest BCUT2D eigenvalue weighted by molar-refractivity contribution is 0.0160. The van der Waals surface area contributed by atoms with Crippen molar-refractivity contribution >= 4 is 33.2 Å². The number of carbonyl (C=O) groups excluding carboxylic acids is 1. The highest BCUT2D eigenvalue weighted by Gasteiger charge is 2.33. The quantitative estimate of drug-likeness (QED) is 0.864. The topological polar surface area (TPSA) is 42.4 Å². The summed E-state index contributed by atoms with van der Waals surface area (Å²) in [5.41, 5.74) is 0. The molecule has 0 spiro atoms. The van der Waals surface area contributed by atoms with Crippen molar-refractivity contribution in [3.63, 3.8) is 0 Å². The standard InChI is InChI=1S/C13H11BrN2O2S/c14-10-3-1-5-15-12(10)18-9-7-16(8-9)13(17)11-4-2-6-19-11/h1-6,9H,7-8H2. The molecule has 4 nitrogen and oxygen atoms in total.